The van der Waals surface area contributed by atoms with Crippen LogP contribution in [0.1, 0.15) is 31.2 Å². The molecule has 1 N–H and O–H groups in total. The topological polar surface area (TPSA) is 24.9 Å². The molecule has 1 fully saturated rings. The van der Waals surface area contributed by atoms with Crippen LogP contribution >= 0.6 is 23.4 Å². The molecule has 0 aliphatic heterocycles. The van der Waals surface area contributed by atoms with Gasteiger partial charge in [0.25, 0.3) is 0 Å². The fraction of sp³-hybridized carbons (Fsp3) is 0.643. The standard InChI is InChI=1S/C14H21ClN2S/c1-16-12(10-18-13-4-2-3-5-13)8-11-6-7-17-9-14(11)15/h6-7,9,12-13,16H,2-5,8,10H2,1H3. The summed E-state index contributed by atoms with van der Waals surface area (Å²) in [4.78, 5) is 4.03. The minimum Gasteiger partial charge on any atom is -0.316 e. The molecule has 0 saturated heterocycles. The van der Waals surface area contributed by atoms with Crippen molar-refractivity contribution in [3.05, 3.63) is 29.0 Å². The van der Waals surface area contributed by atoms with Crippen molar-refractivity contribution in [3.63, 3.8) is 0 Å². The van der Waals surface area contributed by atoms with E-state index in [0.29, 0.717) is 6.04 Å². The first-order valence-corrected chi connectivity index (χ1v) is 8.09. The van der Waals surface area contributed by atoms with Crippen LogP contribution < -0.4 is 5.32 Å². The van der Waals surface area contributed by atoms with Crippen LogP contribution in [0, 0.1) is 0 Å². The molecule has 1 atom stereocenters. The summed E-state index contributed by atoms with van der Waals surface area (Å²) in [5.74, 6) is 1.17. The lowest BCUT2D eigenvalue weighted by molar-refractivity contribution is 0.615. The van der Waals surface area contributed by atoms with Gasteiger partial charge in [0, 0.05) is 29.4 Å². The lowest BCUT2D eigenvalue weighted by Crippen LogP contribution is -2.30. The highest BCUT2D eigenvalue weighted by Crippen LogP contribution is 2.30. The van der Waals surface area contributed by atoms with E-state index in [2.05, 4.69) is 22.1 Å². The highest BCUT2D eigenvalue weighted by atomic mass is 35.5. The number of rotatable bonds is 6. The SMILES string of the molecule is CNC(CSC1CCCC1)Cc1ccncc1Cl. The van der Waals surface area contributed by atoms with Gasteiger partial charge in [-0.2, -0.15) is 11.8 Å². The fourth-order valence-electron chi connectivity index (χ4n) is 2.39. The lowest BCUT2D eigenvalue weighted by atomic mass is 10.1. The zero-order valence-corrected chi connectivity index (χ0v) is 12.4. The molecule has 0 spiro atoms. The van der Waals surface area contributed by atoms with Gasteiger partial charge in [-0.25, -0.2) is 0 Å². The summed E-state index contributed by atoms with van der Waals surface area (Å²) in [6.45, 7) is 0. The van der Waals surface area contributed by atoms with E-state index in [1.807, 2.05) is 19.3 Å². The second-order valence-corrected chi connectivity index (χ2v) is 6.64. The van der Waals surface area contributed by atoms with Crippen LogP contribution in [0.5, 0.6) is 0 Å². The summed E-state index contributed by atoms with van der Waals surface area (Å²) in [6.07, 6.45) is 10.2. The third kappa shape index (κ3) is 4.15. The molecule has 0 radical (unpaired) electrons. The lowest BCUT2D eigenvalue weighted by Gasteiger charge is -2.18. The number of hydrogen-bond donors (Lipinski definition) is 1. The Morgan fingerprint density at radius 1 is 1.50 bits per heavy atom. The minimum absolute atomic E-state index is 0.496. The third-order valence-corrected chi connectivity index (χ3v) is 5.44. The highest BCUT2D eigenvalue weighted by molar-refractivity contribution is 7.99. The van der Waals surface area contributed by atoms with Crippen molar-refractivity contribution in [1.82, 2.24) is 10.3 Å². The average molecular weight is 285 g/mol. The number of hydrogen-bond acceptors (Lipinski definition) is 3. The van der Waals surface area contributed by atoms with Gasteiger partial charge in [0.05, 0.1) is 5.02 Å². The Morgan fingerprint density at radius 2 is 2.28 bits per heavy atom. The van der Waals surface area contributed by atoms with E-state index in [9.17, 15) is 0 Å². The second-order valence-electron chi connectivity index (χ2n) is 4.90. The van der Waals surface area contributed by atoms with Gasteiger partial charge in [0.2, 0.25) is 0 Å². The first kappa shape index (κ1) is 14.2. The molecule has 1 saturated carbocycles. The summed E-state index contributed by atoms with van der Waals surface area (Å²) in [7, 11) is 2.04. The number of halogens is 1. The molecule has 1 aliphatic rings. The fourth-order valence-corrected chi connectivity index (χ4v) is 4.04. The maximum absolute atomic E-state index is 6.16. The van der Waals surface area contributed by atoms with Gasteiger partial charge in [-0.15, -0.1) is 0 Å². The molecule has 1 heterocycles. The van der Waals surface area contributed by atoms with Crippen LogP contribution in [-0.4, -0.2) is 29.1 Å². The largest absolute Gasteiger partial charge is 0.316 e. The van der Waals surface area contributed by atoms with Crippen LogP contribution in [0.15, 0.2) is 18.5 Å². The summed E-state index contributed by atoms with van der Waals surface area (Å²) in [6, 6.07) is 2.52. The van der Waals surface area contributed by atoms with Crippen molar-refractivity contribution in [2.75, 3.05) is 12.8 Å². The zero-order valence-electron chi connectivity index (χ0n) is 10.9. The highest BCUT2D eigenvalue weighted by Gasteiger charge is 2.17. The summed E-state index contributed by atoms with van der Waals surface area (Å²) < 4.78 is 0. The molecule has 2 rings (SSSR count). The minimum atomic E-state index is 0.496. The monoisotopic (exact) mass is 284 g/mol. The van der Waals surface area contributed by atoms with Gasteiger partial charge in [0.1, 0.15) is 0 Å². The number of likely N-dealkylation sites (N-methyl/N-ethyl adjacent to an activating group) is 1. The Hall–Kier alpha value is -0.250. The zero-order chi connectivity index (χ0) is 12.8. The van der Waals surface area contributed by atoms with E-state index in [1.165, 1.54) is 37.0 Å². The smallest absolute Gasteiger partial charge is 0.0621 e. The maximum Gasteiger partial charge on any atom is 0.0621 e. The van der Waals surface area contributed by atoms with Crippen LogP contribution in [0.4, 0.5) is 0 Å². The Morgan fingerprint density at radius 3 is 2.94 bits per heavy atom. The Balaban J connectivity index is 1.83. The first-order valence-electron chi connectivity index (χ1n) is 6.67. The van der Waals surface area contributed by atoms with Gasteiger partial charge in [-0.1, -0.05) is 24.4 Å². The molecule has 0 aromatic carbocycles. The molecular formula is C14H21ClN2S. The number of aromatic nitrogens is 1. The maximum atomic E-state index is 6.16. The molecule has 1 aromatic rings. The number of pyridine rings is 1. The van der Waals surface area contributed by atoms with E-state index < -0.39 is 0 Å². The summed E-state index contributed by atoms with van der Waals surface area (Å²) in [5, 5.41) is 5.07. The molecule has 2 nitrogen and oxygen atoms in total. The van der Waals surface area contributed by atoms with Crippen molar-refractivity contribution < 1.29 is 0 Å². The number of thioether (sulfide) groups is 1. The molecule has 0 amide bonds. The molecule has 1 unspecified atom stereocenters. The van der Waals surface area contributed by atoms with Gasteiger partial charge < -0.3 is 5.32 Å². The van der Waals surface area contributed by atoms with E-state index in [-0.39, 0.29) is 0 Å². The van der Waals surface area contributed by atoms with Crippen LogP contribution in [0.3, 0.4) is 0 Å². The quantitative estimate of drug-likeness (QED) is 0.865. The van der Waals surface area contributed by atoms with Gasteiger partial charge >= 0.3 is 0 Å². The Labute approximate surface area is 119 Å². The van der Waals surface area contributed by atoms with E-state index in [0.717, 1.165) is 16.7 Å². The third-order valence-electron chi connectivity index (χ3n) is 3.57. The van der Waals surface area contributed by atoms with Crippen LogP contribution in [-0.2, 0) is 6.42 Å². The van der Waals surface area contributed by atoms with Crippen LogP contribution in [0.2, 0.25) is 5.02 Å². The molecule has 100 valence electrons. The predicted molar refractivity (Wildman–Crippen MR) is 80.5 cm³/mol. The van der Waals surface area contributed by atoms with Crippen molar-refractivity contribution >= 4 is 23.4 Å². The summed E-state index contributed by atoms with van der Waals surface area (Å²) >= 11 is 8.28. The molecular weight excluding hydrogens is 264 g/mol. The molecule has 0 bridgehead atoms. The van der Waals surface area contributed by atoms with Crippen molar-refractivity contribution in [3.8, 4) is 0 Å². The number of nitrogens with zero attached hydrogens (tertiary/aromatic N) is 1. The van der Waals surface area contributed by atoms with E-state index in [1.54, 1.807) is 6.20 Å². The van der Waals surface area contributed by atoms with Crippen LogP contribution in [0.25, 0.3) is 0 Å². The van der Waals surface area contributed by atoms with Crippen molar-refractivity contribution in [2.45, 2.75) is 43.4 Å². The normalized spacial score (nSPS) is 18.1. The number of nitrogens with one attached hydrogen (secondary N) is 1. The molecule has 1 aromatic heterocycles. The van der Waals surface area contributed by atoms with Gasteiger partial charge in [-0.3, -0.25) is 4.98 Å². The van der Waals surface area contributed by atoms with Crippen molar-refractivity contribution in [2.24, 2.45) is 0 Å². The van der Waals surface area contributed by atoms with E-state index >= 15 is 0 Å². The average Bonchev–Trinajstić information content (AvgIpc) is 2.90. The molecule has 18 heavy (non-hydrogen) atoms. The Kier molecular flexibility index (Phi) is 5.80. The summed E-state index contributed by atoms with van der Waals surface area (Å²) in [5.41, 5.74) is 1.19. The van der Waals surface area contributed by atoms with E-state index in [4.69, 9.17) is 11.6 Å². The van der Waals surface area contributed by atoms with Gasteiger partial charge in [-0.05, 0) is 37.9 Å². The first-order chi connectivity index (χ1) is 8.79. The predicted octanol–water partition coefficient (Wildman–Crippen LogP) is 3.54. The molecule has 4 heteroatoms. The van der Waals surface area contributed by atoms with Crippen molar-refractivity contribution in [1.29, 1.82) is 0 Å². The Bertz CT molecular complexity index is 367. The second kappa shape index (κ2) is 7.37. The molecule has 1 aliphatic carbocycles. The van der Waals surface area contributed by atoms with Gasteiger partial charge in [0.15, 0.2) is 0 Å².